The molecule has 1 aliphatic rings. The summed E-state index contributed by atoms with van der Waals surface area (Å²) in [7, 11) is 1.31. The maximum absolute atomic E-state index is 13.8. The van der Waals surface area contributed by atoms with Crippen LogP contribution in [0.25, 0.3) is 15.9 Å². The summed E-state index contributed by atoms with van der Waals surface area (Å²) in [5.41, 5.74) is 3.70. The standard InChI is InChI=1S/C38H42FN11O4/c1-38(2,3)54-37(52)50-17-15-49(16-18-50)23-25-7-6-8-28(19-25)42-35-46-34(41-22-32-43-29-14-11-26(39)21-30(29)44-32)47-36(48-35)45-31(33(51)53-5)20-24-9-12-27(40-4)13-10-24/h6-14,19,21,31H,15-18,20,22-23H2,1-3,5H3,(H,43,44)(H3,41,42,45,46,47,48)/t31-/m0/s1. The number of benzene rings is 3. The molecule has 0 saturated carbocycles. The van der Waals surface area contributed by atoms with E-state index >= 15 is 0 Å². The van der Waals surface area contributed by atoms with E-state index in [1.807, 2.05) is 45.0 Å². The lowest BCUT2D eigenvalue weighted by Crippen LogP contribution is -2.49. The van der Waals surface area contributed by atoms with E-state index in [1.54, 1.807) is 35.2 Å². The van der Waals surface area contributed by atoms with Crippen LogP contribution in [0, 0.1) is 12.4 Å². The maximum Gasteiger partial charge on any atom is 0.410 e. The van der Waals surface area contributed by atoms with Gasteiger partial charge in [0.25, 0.3) is 0 Å². The smallest absolute Gasteiger partial charge is 0.410 e. The molecule has 0 aliphatic carbocycles. The Morgan fingerprint density at radius 1 is 0.944 bits per heavy atom. The lowest BCUT2D eigenvalue weighted by Gasteiger charge is -2.35. The lowest BCUT2D eigenvalue weighted by molar-refractivity contribution is -0.141. The quantitative estimate of drug-likeness (QED) is 0.0868. The molecular formula is C38H42FN11O4. The molecule has 16 heteroatoms. The second-order valence-corrected chi connectivity index (χ2v) is 13.8. The van der Waals surface area contributed by atoms with Gasteiger partial charge in [-0.2, -0.15) is 15.0 Å². The van der Waals surface area contributed by atoms with Crippen LogP contribution in [0.1, 0.15) is 37.7 Å². The Morgan fingerprint density at radius 3 is 2.41 bits per heavy atom. The molecule has 54 heavy (non-hydrogen) atoms. The van der Waals surface area contributed by atoms with Gasteiger partial charge in [0.2, 0.25) is 17.8 Å². The molecule has 0 radical (unpaired) electrons. The molecule has 0 bridgehead atoms. The molecule has 1 aliphatic heterocycles. The number of hydrogen-bond donors (Lipinski definition) is 4. The Balaban J connectivity index is 1.19. The van der Waals surface area contributed by atoms with E-state index in [0.29, 0.717) is 55.3 Å². The number of esters is 1. The number of methoxy groups -OCH3 is 1. The van der Waals surface area contributed by atoms with Crippen molar-refractivity contribution in [2.45, 2.75) is 51.9 Å². The minimum Gasteiger partial charge on any atom is -0.467 e. The normalized spacial score (nSPS) is 13.9. The van der Waals surface area contributed by atoms with Crippen LogP contribution in [0.15, 0.2) is 66.7 Å². The van der Waals surface area contributed by atoms with E-state index in [-0.39, 0.29) is 42.7 Å². The summed E-state index contributed by atoms with van der Waals surface area (Å²) < 4.78 is 24.4. The highest BCUT2D eigenvalue weighted by atomic mass is 19.1. The number of piperazine rings is 1. The molecule has 1 saturated heterocycles. The summed E-state index contributed by atoms with van der Waals surface area (Å²) in [4.78, 5) is 54.2. The van der Waals surface area contributed by atoms with E-state index in [0.717, 1.165) is 16.8 Å². The number of anilines is 4. The Labute approximate surface area is 312 Å². The number of H-pyrrole nitrogens is 1. The lowest BCUT2D eigenvalue weighted by atomic mass is 10.1. The minimum absolute atomic E-state index is 0.105. The van der Waals surface area contributed by atoms with E-state index in [2.05, 4.69) is 50.6 Å². The van der Waals surface area contributed by atoms with Gasteiger partial charge in [-0.05, 0) is 62.2 Å². The van der Waals surface area contributed by atoms with Gasteiger partial charge in [0.05, 0.1) is 31.3 Å². The molecule has 1 amide bonds. The Hall–Kier alpha value is -6.34. The first-order valence-corrected chi connectivity index (χ1v) is 17.4. The number of imidazole rings is 1. The van der Waals surface area contributed by atoms with Gasteiger partial charge in [-0.25, -0.2) is 23.8 Å². The highest BCUT2D eigenvalue weighted by molar-refractivity contribution is 5.79. The van der Waals surface area contributed by atoms with Crippen LogP contribution >= 0.6 is 0 Å². The maximum atomic E-state index is 13.8. The van der Waals surface area contributed by atoms with Crippen LogP contribution in [0.5, 0.6) is 0 Å². The van der Waals surface area contributed by atoms with Crippen molar-refractivity contribution in [2.24, 2.45) is 0 Å². The molecule has 2 aromatic heterocycles. The summed E-state index contributed by atoms with van der Waals surface area (Å²) >= 11 is 0. The number of nitrogens with one attached hydrogen (secondary N) is 4. The Kier molecular flexibility index (Phi) is 11.5. The predicted octanol–water partition coefficient (Wildman–Crippen LogP) is 6.04. The molecule has 5 aromatic rings. The summed E-state index contributed by atoms with van der Waals surface area (Å²) in [6.45, 7) is 16.2. The topological polar surface area (TPSA) is 167 Å². The average molecular weight is 736 g/mol. The van der Waals surface area contributed by atoms with Crippen molar-refractivity contribution in [3.63, 3.8) is 0 Å². The van der Waals surface area contributed by atoms with E-state index in [4.69, 9.17) is 16.0 Å². The number of hydrogen-bond acceptors (Lipinski definition) is 12. The van der Waals surface area contributed by atoms with E-state index < -0.39 is 17.6 Å². The fourth-order valence-electron chi connectivity index (χ4n) is 5.84. The van der Waals surface area contributed by atoms with Gasteiger partial charge in [0.15, 0.2) is 5.69 Å². The Morgan fingerprint density at radius 2 is 1.69 bits per heavy atom. The van der Waals surface area contributed by atoms with Crippen LogP contribution < -0.4 is 16.0 Å². The highest BCUT2D eigenvalue weighted by Gasteiger charge is 2.26. The summed E-state index contributed by atoms with van der Waals surface area (Å²) in [6, 6.07) is 18.3. The zero-order valence-electron chi connectivity index (χ0n) is 30.5. The number of rotatable bonds is 12. The van der Waals surface area contributed by atoms with Gasteiger partial charge in [-0.15, -0.1) is 0 Å². The first-order chi connectivity index (χ1) is 25.9. The number of amides is 1. The van der Waals surface area contributed by atoms with Gasteiger partial charge in [0, 0.05) is 44.8 Å². The third-order valence-corrected chi connectivity index (χ3v) is 8.45. The highest BCUT2D eigenvalue weighted by Crippen LogP contribution is 2.22. The second kappa shape index (κ2) is 16.6. The zero-order chi connectivity index (χ0) is 38.2. The first kappa shape index (κ1) is 37.4. The third kappa shape index (κ3) is 10.2. The van der Waals surface area contributed by atoms with Gasteiger partial charge in [-0.1, -0.05) is 36.4 Å². The molecule has 280 valence electrons. The van der Waals surface area contributed by atoms with Crippen molar-refractivity contribution in [1.82, 2.24) is 34.7 Å². The van der Waals surface area contributed by atoms with Crippen molar-refractivity contribution in [3.8, 4) is 0 Å². The van der Waals surface area contributed by atoms with E-state index in [1.165, 1.54) is 19.2 Å². The Bertz CT molecular complexity index is 2140. The number of fused-ring (bicyclic) bond motifs is 1. The molecule has 0 spiro atoms. The molecule has 3 aromatic carbocycles. The fraction of sp³-hybridized carbons (Fsp3) is 0.342. The van der Waals surface area contributed by atoms with Gasteiger partial charge >= 0.3 is 12.1 Å². The molecule has 0 unspecified atom stereocenters. The van der Waals surface area contributed by atoms with Crippen molar-refractivity contribution in [3.05, 3.63) is 101 Å². The summed E-state index contributed by atoms with van der Waals surface area (Å²) in [5, 5.41) is 9.53. The molecule has 15 nitrogen and oxygen atoms in total. The second-order valence-electron chi connectivity index (χ2n) is 13.8. The van der Waals surface area contributed by atoms with Crippen molar-refractivity contribution >= 4 is 52.3 Å². The SMILES string of the molecule is [C-]#[N+]c1ccc(C[C@H](Nc2nc(NCc3nc4ccc(F)cc4[nH]3)nc(Nc3cccc(CN4CCN(C(=O)OC(C)(C)C)CC4)c3)n2)C(=O)OC)cc1. The number of aromatic nitrogens is 5. The number of carbonyl (C=O) groups excluding carboxylic acids is 2. The summed E-state index contributed by atoms with van der Waals surface area (Å²) in [5.74, 6) is 0.133. The van der Waals surface area contributed by atoms with Crippen molar-refractivity contribution in [2.75, 3.05) is 49.2 Å². The largest absolute Gasteiger partial charge is 0.467 e. The van der Waals surface area contributed by atoms with Gasteiger partial charge in [-0.3, -0.25) is 4.90 Å². The van der Waals surface area contributed by atoms with E-state index in [9.17, 15) is 14.0 Å². The number of aromatic amines is 1. The number of carbonyl (C=O) groups is 2. The molecular weight excluding hydrogens is 693 g/mol. The van der Waals surface area contributed by atoms with Crippen LogP contribution in [-0.2, 0) is 33.8 Å². The summed E-state index contributed by atoms with van der Waals surface area (Å²) in [6.07, 6.45) is -0.0549. The zero-order valence-corrected chi connectivity index (χ0v) is 30.5. The minimum atomic E-state index is -0.860. The van der Waals surface area contributed by atoms with Gasteiger partial charge in [0.1, 0.15) is 23.3 Å². The monoisotopic (exact) mass is 735 g/mol. The van der Waals surface area contributed by atoms with Crippen LogP contribution in [0.3, 0.4) is 0 Å². The van der Waals surface area contributed by atoms with Crippen molar-refractivity contribution in [1.29, 1.82) is 0 Å². The molecule has 1 atom stereocenters. The third-order valence-electron chi connectivity index (χ3n) is 8.45. The van der Waals surface area contributed by atoms with Crippen LogP contribution in [0.4, 0.5) is 38.4 Å². The van der Waals surface area contributed by atoms with Crippen molar-refractivity contribution < 1.29 is 23.5 Å². The molecule has 4 N–H and O–H groups in total. The number of ether oxygens (including phenoxy) is 2. The van der Waals surface area contributed by atoms with Gasteiger partial charge < -0.3 is 35.3 Å². The predicted molar refractivity (Wildman–Crippen MR) is 202 cm³/mol. The van der Waals surface area contributed by atoms with Crippen LogP contribution in [-0.4, -0.2) is 91.7 Å². The fourth-order valence-corrected chi connectivity index (χ4v) is 5.84. The molecule has 1 fully saturated rings. The molecule has 6 rings (SSSR count). The average Bonchev–Trinajstić information content (AvgIpc) is 3.55. The molecule has 3 heterocycles. The number of nitrogens with zero attached hydrogens (tertiary/aromatic N) is 7. The number of halogens is 1. The van der Waals surface area contributed by atoms with Crippen LogP contribution in [0.2, 0.25) is 0 Å². The first-order valence-electron chi connectivity index (χ1n) is 17.4.